The summed E-state index contributed by atoms with van der Waals surface area (Å²) in [7, 11) is -2.27. The molecule has 0 fully saturated rings. The van der Waals surface area contributed by atoms with Crippen LogP contribution in [-0.4, -0.2) is 27.1 Å². The van der Waals surface area contributed by atoms with Crippen LogP contribution in [0.5, 0.6) is 5.75 Å². The zero-order chi connectivity index (χ0) is 15.3. The molecule has 0 spiro atoms. The summed E-state index contributed by atoms with van der Waals surface area (Å²) in [5.41, 5.74) is 6.25. The van der Waals surface area contributed by atoms with E-state index in [1.165, 1.54) is 7.11 Å². The van der Waals surface area contributed by atoms with E-state index >= 15 is 0 Å². The predicted octanol–water partition coefficient (Wildman–Crippen LogP) is 1.23. The van der Waals surface area contributed by atoms with Gasteiger partial charge in [0.05, 0.1) is 7.11 Å². The number of ether oxygens (including phenoxy) is 1. The van der Waals surface area contributed by atoms with Crippen molar-refractivity contribution in [2.45, 2.75) is 13.8 Å². The normalized spacial score (nSPS) is 11.4. The summed E-state index contributed by atoms with van der Waals surface area (Å²) in [6.07, 6.45) is 0. The first-order valence-electron chi connectivity index (χ1n) is 6.01. The van der Waals surface area contributed by atoms with Crippen LogP contribution in [0.2, 0.25) is 0 Å². The zero-order valence-corrected chi connectivity index (χ0v) is 13.3. The number of thiocarbonyl (C=S) groups is 1. The van der Waals surface area contributed by atoms with Gasteiger partial charge in [-0.25, -0.2) is 0 Å². The smallest absolute Gasteiger partial charge is 0.299 e. The van der Waals surface area contributed by atoms with Crippen molar-refractivity contribution in [3.8, 4) is 5.75 Å². The van der Waals surface area contributed by atoms with Gasteiger partial charge in [0.25, 0.3) is 10.2 Å². The van der Waals surface area contributed by atoms with E-state index in [1.54, 1.807) is 18.2 Å². The van der Waals surface area contributed by atoms with Crippen LogP contribution in [0.3, 0.4) is 0 Å². The van der Waals surface area contributed by atoms with Crippen molar-refractivity contribution in [3.05, 3.63) is 23.8 Å². The lowest BCUT2D eigenvalue weighted by Crippen LogP contribution is -2.33. The monoisotopic (exact) mass is 317 g/mol. The molecule has 0 unspecified atom stereocenters. The Hall–Kier alpha value is -1.38. The highest BCUT2D eigenvalue weighted by Gasteiger charge is 2.17. The molecule has 0 saturated heterocycles. The molecule has 0 aliphatic heterocycles. The molecule has 112 valence electrons. The Balaban J connectivity index is 3.10. The minimum atomic E-state index is -3.71. The fourth-order valence-electron chi connectivity index (χ4n) is 1.46. The van der Waals surface area contributed by atoms with Gasteiger partial charge in [-0.1, -0.05) is 32.1 Å². The minimum absolute atomic E-state index is 0.0884. The van der Waals surface area contributed by atoms with E-state index in [9.17, 15) is 8.42 Å². The second-order valence-corrected chi connectivity index (χ2v) is 6.53. The quantitative estimate of drug-likeness (QED) is 0.658. The van der Waals surface area contributed by atoms with E-state index in [2.05, 4.69) is 9.44 Å². The number of para-hydroxylation sites is 1. The van der Waals surface area contributed by atoms with Crippen molar-refractivity contribution in [2.75, 3.05) is 18.4 Å². The molecular weight excluding hydrogens is 298 g/mol. The molecule has 0 aliphatic rings. The fraction of sp³-hybridized carbons (Fsp3) is 0.417. The highest BCUT2D eigenvalue weighted by molar-refractivity contribution is 7.90. The van der Waals surface area contributed by atoms with Crippen molar-refractivity contribution in [1.82, 2.24) is 4.72 Å². The predicted molar refractivity (Wildman–Crippen MR) is 84.3 cm³/mol. The van der Waals surface area contributed by atoms with Gasteiger partial charge in [-0.2, -0.15) is 13.1 Å². The lowest BCUT2D eigenvalue weighted by atomic mass is 10.1. The van der Waals surface area contributed by atoms with Crippen molar-refractivity contribution in [2.24, 2.45) is 11.7 Å². The Morgan fingerprint density at radius 3 is 2.60 bits per heavy atom. The van der Waals surface area contributed by atoms with Gasteiger partial charge in [0.1, 0.15) is 16.4 Å². The molecule has 0 atom stereocenters. The summed E-state index contributed by atoms with van der Waals surface area (Å²) < 4.78 is 34.0. The lowest BCUT2D eigenvalue weighted by molar-refractivity contribution is 0.417. The van der Waals surface area contributed by atoms with Gasteiger partial charge >= 0.3 is 0 Å². The first-order chi connectivity index (χ1) is 9.26. The van der Waals surface area contributed by atoms with Crippen molar-refractivity contribution >= 4 is 33.1 Å². The molecule has 0 saturated carbocycles. The molecule has 0 bridgehead atoms. The average molecular weight is 317 g/mol. The number of methoxy groups -OCH3 is 1. The Morgan fingerprint density at radius 2 is 2.10 bits per heavy atom. The Bertz CT molecular complexity index is 586. The molecule has 1 rings (SSSR count). The molecule has 0 heterocycles. The highest BCUT2D eigenvalue weighted by atomic mass is 32.2. The number of benzene rings is 1. The van der Waals surface area contributed by atoms with Crippen molar-refractivity contribution in [1.29, 1.82) is 0 Å². The molecule has 1 aromatic rings. The van der Waals surface area contributed by atoms with Gasteiger partial charge in [-0.3, -0.25) is 4.72 Å². The van der Waals surface area contributed by atoms with Gasteiger partial charge in [0.15, 0.2) is 0 Å². The second kappa shape index (κ2) is 6.87. The first kappa shape index (κ1) is 16.7. The van der Waals surface area contributed by atoms with Crippen LogP contribution in [0, 0.1) is 5.92 Å². The molecule has 8 heteroatoms. The van der Waals surface area contributed by atoms with Crippen LogP contribution in [0.1, 0.15) is 19.4 Å². The molecule has 6 nitrogen and oxygen atoms in total. The Labute approximate surface area is 124 Å². The van der Waals surface area contributed by atoms with E-state index in [-0.39, 0.29) is 16.6 Å². The van der Waals surface area contributed by atoms with E-state index in [4.69, 9.17) is 22.7 Å². The number of nitrogens with one attached hydrogen (secondary N) is 2. The van der Waals surface area contributed by atoms with Crippen LogP contribution < -0.4 is 19.9 Å². The summed E-state index contributed by atoms with van der Waals surface area (Å²) in [6.45, 7) is 4.14. The summed E-state index contributed by atoms with van der Waals surface area (Å²) in [5, 5.41) is 0. The third-order valence-electron chi connectivity index (χ3n) is 2.43. The van der Waals surface area contributed by atoms with Crippen LogP contribution in [0.4, 0.5) is 5.69 Å². The third-order valence-corrected chi connectivity index (χ3v) is 3.67. The fourth-order valence-corrected chi connectivity index (χ4v) is 2.73. The summed E-state index contributed by atoms with van der Waals surface area (Å²) >= 11 is 4.92. The largest absolute Gasteiger partial charge is 0.495 e. The number of hydrogen-bond acceptors (Lipinski definition) is 4. The van der Waals surface area contributed by atoms with Gasteiger partial charge in [-0.15, -0.1) is 0 Å². The standard InChI is InChI=1S/C12H19N3O3S2/c1-8(2)7-14-20(16,17)15-11-9(12(13)19)5-4-6-10(11)18-3/h4-6,8,14-15H,7H2,1-3H3,(H2,13,19). The topological polar surface area (TPSA) is 93.4 Å². The third kappa shape index (κ3) is 4.62. The summed E-state index contributed by atoms with van der Waals surface area (Å²) in [4.78, 5) is 0.0884. The van der Waals surface area contributed by atoms with Gasteiger partial charge < -0.3 is 10.5 Å². The first-order valence-corrected chi connectivity index (χ1v) is 7.90. The maximum absolute atomic E-state index is 12.0. The number of hydrogen-bond donors (Lipinski definition) is 3. The molecule has 20 heavy (non-hydrogen) atoms. The maximum atomic E-state index is 12.0. The Kier molecular flexibility index (Phi) is 5.73. The van der Waals surface area contributed by atoms with Crippen LogP contribution >= 0.6 is 12.2 Å². The SMILES string of the molecule is COc1cccc(C(N)=S)c1NS(=O)(=O)NCC(C)C. The molecule has 0 aromatic heterocycles. The van der Waals surface area contributed by atoms with Crippen LogP contribution in [-0.2, 0) is 10.2 Å². The van der Waals surface area contributed by atoms with Gasteiger partial charge in [-0.05, 0) is 18.1 Å². The Morgan fingerprint density at radius 1 is 1.45 bits per heavy atom. The van der Waals surface area contributed by atoms with E-state index in [0.717, 1.165) is 0 Å². The lowest BCUT2D eigenvalue weighted by Gasteiger charge is -2.16. The summed E-state index contributed by atoms with van der Waals surface area (Å²) in [6, 6.07) is 4.94. The van der Waals surface area contributed by atoms with Gasteiger partial charge in [0, 0.05) is 12.1 Å². The second-order valence-electron chi connectivity index (χ2n) is 4.59. The van der Waals surface area contributed by atoms with E-state index in [0.29, 0.717) is 17.9 Å². The summed E-state index contributed by atoms with van der Waals surface area (Å²) in [5.74, 6) is 0.546. The van der Waals surface area contributed by atoms with E-state index < -0.39 is 10.2 Å². The molecular formula is C12H19N3O3S2. The number of anilines is 1. The van der Waals surface area contributed by atoms with Gasteiger partial charge in [0.2, 0.25) is 0 Å². The van der Waals surface area contributed by atoms with Crippen LogP contribution in [0.15, 0.2) is 18.2 Å². The molecule has 0 amide bonds. The molecule has 1 aromatic carbocycles. The maximum Gasteiger partial charge on any atom is 0.299 e. The van der Waals surface area contributed by atoms with Crippen molar-refractivity contribution < 1.29 is 13.2 Å². The molecule has 0 aliphatic carbocycles. The van der Waals surface area contributed by atoms with Crippen LogP contribution in [0.25, 0.3) is 0 Å². The number of nitrogens with two attached hydrogens (primary N) is 1. The van der Waals surface area contributed by atoms with Crippen molar-refractivity contribution in [3.63, 3.8) is 0 Å². The minimum Gasteiger partial charge on any atom is -0.495 e. The number of rotatable bonds is 7. The average Bonchev–Trinajstić information content (AvgIpc) is 2.36. The molecule has 0 radical (unpaired) electrons. The highest BCUT2D eigenvalue weighted by Crippen LogP contribution is 2.29. The van der Waals surface area contributed by atoms with E-state index in [1.807, 2.05) is 13.8 Å². The zero-order valence-electron chi connectivity index (χ0n) is 11.6. The molecule has 4 N–H and O–H groups in total.